The van der Waals surface area contributed by atoms with E-state index in [1.807, 2.05) is 41.3 Å². The normalized spacial score (nSPS) is 15.6. The Balaban J connectivity index is 1.57. The lowest BCUT2D eigenvalue weighted by atomic mass is 9.94. The van der Waals surface area contributed by atoms with Gasteiger partial charge in [0.25, 0.3) is 0 Å². The van der Waals surface area contributed by atoms with Gasteiger partial charge in [0.1, 0.15) is 11.9 Å². The van der Waals surface area contributed by atoms with Gasteiger partial charge in [0.2, 0.25) is 11.8 Å². The molecule has 172 valence electrons. The molecule has 0 aliphatic carbocycles. The maximum Gasteiger partial charge on any atom is 0.244 e. The highest BCUT2D eigenvalue weighted by atomic mass is 19.1. The third kappa shape index (κ3) is 5.74. The maximum absolute atomic E-state index is 13.7. The van der Waals surface area contributed by atoms with E-state index >= 15 is 0 Å². The SMILES string of the molecule is CCN(CC)C(C(=O)N1CCC(C(=O)NCc2ccc(C)c(F)c2)CC1)c1ccccc1. The predicted octanol–water partition coefficient (Wildman–Crippen LogP) is 4.07. The molecular formula is C26H34FN3O2. The zero-order valence-electron chi connectivity index (χ0n) is 19.3. The van der Waals surface area contributed by atoms with Crippen molar-refractivity contribution in [3.05, 3.63) is 71.0 Å². The Kier molecular flexibility index (Phi) is 8.39. The van der Waals surface area contributed by atoms with Gasteiger partial charge in [-0.25, -0.2) is 4.39 Å². The summed E-state index contributed by atoms with van der Waals surface area (Å²) in [5, 5.41) is 2.93. The fourth-order valence-corrected chi connectivity index (χ4v) is 4.35. The number of nitrogens with one attached hydrogen (secondary N) is 1. The number of aryl methyl sites for hydroxylation is 1. The van der Waals surface area contributed by atoms with Crippen molar-refractivity contribution >= 4 is 11.8 Å². The van der Waals surface area contributed by atoms with Crippen LogP contribution in [0.1, 0.15) is 49.4 Å². The second-order valence-electron chi connectivity index (χ2n) is 8.44. The van der Waals surface area contributed by atoms with Crippen molar-refractivity contribution in [1.82, 2.24) is 15.1 Å². The minimum atomic E-state index is -0.298. The number of carbonyl (C=O) groups excluding carboxylic acids is 2. The molecule has 2 aromatic carbocycles. The van der Waals surface area contributed by atoms with Crippen molar-refractivity contribution in [3.63, 3.8) is 0 Å². The first-order chi connectivity index (χ1) is 15.4. The third-order valence-electron chi connectivity index (χ3n) is 6.41. The summed E-state index contributed by atoms with van der Waals surface area (Å²) in [7, 11) is 0. The number of rotatable bonds is 8. The minimum absolute atomic E-state index is 0.0264. The van der Waals surface area contributed by atoms with E-state index < -0.39 is 0 Å². The first-order valence-electron chi connectivity index (χ1n) is 11.5. The van der Waals surface area contributed by atoms with Crippen LogP contribution in [-0.4, -0.2) is 47.8 Å². The van der Waals surface area contributed by atoms with Gasteiger partial charge < -0.3 is 10.2 Å². The molecule has 0 spiro atoms. The fraction of sp³-hybridized carbons (Fsp3) is 0.462. The van der Waals surface area contributed by atoms with Gasteiger partial charge in [-0.15, -0.1) is 0 Å². The average molecular weight is 440 g/mol. The van der Waals surface area contributed by atoms with Crippen molar-refractivity contribution in [1.29, 1.82) is 0 Å². The molecule has 6 heteroatoms. The van der Waals surface area contributed by atoms with Crippen LogP contribution in [0.3, 0.4) is 0 Å². The van der Waals surface area contributed by atoms with Gasteiger partial charge in [0, 0.05) is 25.6 Å². The van der Waals surface area contributed by atoms with Crippen molar-refractivity contribution in [2.24, 2.45) is 5.92 Å². The van der Waals surface area contributed by atoms with E-state index in [1.165, 1.54) is 6.07 Å². The second kappa shape index (κ2) is 11.2. The molecule has 32 heavy (non-hydrogen) atoms. The number of amides is 2. The molecule has 1 atom stereocenters. The quantitative estimate of drug-likeness (QED) is 0.675. The Labute approximate surface area is 190 Å². The molecule has 3 rings (SSSR count). The number of piperidine rings is 1. The lowest BCUT2D eigenvalue weighted by molar-refractivity contribution is -0.140. The summed E-state index contributed by atoms with van der Waals surface area (Å²) in [6, 6.07) is 14.6. The summed E-state index contributed by atoms with van der Waals surface area (Å²) in [5.41, 5.74) is 2.35. The standard InChI is InChI=1S/C26H34FN3O2/c1-4-29(5-2)24(21-9-7-6-8-10-21)26(32)30-15-13-22(14-16-30)25(31)28-18-20-12-11-19(3)23(27)17-20/h6-12,17,22,24H,4-5,13-16,18H2,1-3H3,(H,28,31). The van der Waals surface area contributed by atoms with Gasteiger partial charge in [-0.1, -0.05) is 56.3 Å². The monoisotopic (exact) mass is 439 g/mol. The zero-order chi connectivity index (χ0) is 23.1. The Morgan fingerprint density at radius 2 is 1.75 bits per heavy atom. The summed E-state index contributed by atoms with van der Waals surface area (Å²) in [5.74, 6) is -0.307. The first kappa shape index (κ1) is 23.9. The maximum atomic E-state index is 13.7. The summed E-state index contributed by atoms with van der Waals surface area (Å²) >= 11 is 0. The van der Waals surface area contributed by atoms with E-state index in [1.54, 1.807) is 13.0 Å². The van der Waals surface area contributed by atoms with Gasteiger partial charge in [-0.05, 0) is 55.6 Å². The van der Waals surface area contributed by atoms with E-state index in [4.69, 9.17) is 0 Å². The van der Waals surface area contributed by atoms with E-state index in [0.29, 0.717) is 38.0 Å². The van der Waals surface area contributed by atoms with E-state index in [2.05, 4.69) is 24.1 Å². The van der Waals surface area contributed by atoms with Gasteiger partial charge >= 0.3 is 0 Å². The van der Waals surface area contributed by atoms with E-state index in [-0.39, 0.29) is 29.6 Å². The molecule has 0 saturated carbocycles. The largest absolute Gasteiger partial charge is 0.352 e. The lowest BCUT2D eigenvalue weighted by Crippen LogP contribution is -2.48. The smallest absolute Gasteiger partial charge is 0.244 e. The topological polar surface area (TPSA) is 52.7 Å². The molecule has 1 unspecified atom stereocenters. The number of halogens is 1. The zero-order valence-corrected chi connectivity index (χ0v) is 19.3. The van der Waals surface area contributed by atoms with Crippen LogP contribution in [-0.2, 0) is 16.1 Å². The van der Waals surface area contributed by atoms with Crippen LogP contribution in [0.15, 0.2) is 48.5 Å². The second-order valence-corrected chi connectivity index (χ2v) is 8.44. The molecule has 2 aromatic rings. The van der Waals surface area contributed by atoms with Crippen LogP contribution in [0.4, 0.5) is 4.39 Å². The van der Waals surface area contributed by atoms with Crippen molar-refractivity contribution in [2.45, 2.75) is 46.2 Å². The van der Waals surface area contributed by atoms with Crippen molar-refractivity contribution < 1.29 is 14.0 Å². The molecular weight excluding hydrogens is 405 g/mol. The molecule has 1 heterocycles. The van der Waals surface area contributed by atoms with Gasteiger partial charge in [0.05, 0.1) is 0 Å². The number of nitrogens with zero attached hydrogens (tertiary/aromatic N) is 2. The number of hydrogen-bond donors (Lipinski definition) is 1. The number of likely N-dealkylation sites (N-methyl/N-ethyl adjacent to an activating group) is 1. The summed E-state index contributed by atoms with van der Waals surface area (Å²) in [6.07, 6.45) is 1.28. The van der Waals surface area contributed by atoms with E-state index in [9.17, 15) is 14.0 Å². The van der Waals surface area contributed by atoms with Crippen LogP contribution in [0, 0.1) is 18.7 Å². The van der Waals surface area contributed by atoms with Crippen LogP contribution in [0.2, 0.25) is 0 Å². The predicted molar refractivity (Wildman–Crippen MR) is 124 cm³/mol. The number of hydrogen-bond acceptors (Lipinski definition) is 3. The third-order valence-corrected chi connectivity index (χ3v) is 6.41. The Hall–Kier alpha value is -2.73. The highest BCUT2D eigenvalue weighted by Crippen LogP contribution is 2.26. The van der Waals surface area contributed by atoms with Crippen LogP contribution < -0.4 is 5.32 Å². The average Bonchev–Trinajstić information content (AvgIpc) is 2.83. The molecule has 0 radical (unpaired) electrons. The molecule has 0 aromatic heterocycles. The lowest BCUT2D eigenvalue weighted by Gasteiger charge is -2.37. The molecule has 1 aliphatic heterocycles. The molecule has 1 aliphatic rings. The molecule has 0 bridgehead atoms. The molecule has 2 amide bonds. The number of benzene rings is 2. The van der Waals surface area contributed by atoms with Crippen LogP contribution in [0.5, 0.6) is 0 Å². The Bertz CT molecular complexity index is 907. The van der Waals surface area contributed by atoms with Crippen LogP contribution >= 0.6 is 0 Å². The van der Waals surface area contributed by atoms with Gasteiger partial charge in [0.15, 0.2) is 0 Å². The number of likely N-dealkylation sites (tertiary alicyclic amines) is 1. The molecule has 1 N–H and O–H groups in total. The van der Waals surface area contributed by atoms with Crippen LogP contribution in [0.25, 0.3) is 0 Å². The summed E-state index contributed by atoms with van der Waals surface area (Å²) < 4.78 is 13.7. The number of carbonyl (C=O) groups is 2. The van der Waals surface area contributed by atoms with E-state index in [0.717, 1.165) is 24.2 Å². The molecule has 1 fully saturated rings. The highest BCUT2D eigenvalue weighted by Gasteiger charge is 2.33. The highest BCUT2D eigenvalue weighted by molar-refractivity contribution is 5.84. The first-order valence-corrected chi connectivity index (χ1v) is 11.5. The molecule has 5 nitrogen and oxygen atoms in total. The summed E-state index contributed by atoms with van der Waals surface area (Å²) in [6.45, 7) is 8.90. The Morgan fingerprint density at radius 3 is 2.34 bits per heavy atom. The summed E-state index contributed by atoms with van der Waals surface area (Å²) in [4.78, 5) is 30.2. The van der Waals surface area contributed by atoms with Crippen molar-refractivity contribution in [2.75, 3.05) is 26.2 Å². The minimum Gasteiger partial charge on any atom is -0.352 e. The molecule has 1 saturated heterocycles. The van der Waals surface area contributed by atoms with Gasteiger partial charge in [-0.2, -0.15) is 0 Å². The Morgan fingerprint density at radius 1 is 1.09 bits per heavy atom. The van der Waals surface area contributed by atoms with Crippen molar-refractivity contribution in [3.8, 4) is 0 Å². The van der Waals surface area contributed by atoms with Gasteiger partial charge in [-0.3, -0.25) is 14.5 Å². The fourth-order valence-electron chi connectivity index (χ4n) is 4.35.